The van der Waals surface area contributed by atoms with Gasteiger partial charge in [0.25, 0.3) is 0 Å². The zero-order valence-corrected chi connectivity index (χ0v) is 11.2. The van der Waals surface area contributed by atoms with Gasteiger partial charge in [0, 0.05) is 18.3 Å². The Balaban J connectivity index is 1.75. The monoisotopic (exact) mass is 249 g/mol. The van der Waals surface area contributed by atoms with E-state index in [1.165, 1.54) is 37.1 Å². The van der Waals surface area contributed by atoms with Crippen molar-refractivity contribution in [1.29, 1.82) is 0 Å². The SMILES string of the molecule is CC(CO)(Cn1cnc2c1CCCC2)NC1CC1. The fourth-order valence-electron chi connectivity index (χ4n) is 2.90. The molecule has 1 fully saturated rings. The van der Waals surface area contributed by atoms with Gasteiger partial charge in [0.05, 0.1) is 24.2 Å². The molecular formula is C14H23N3O. The molecule has 4 heteroatoms. The van der Waals surface area contributed by atoms with E-state index in [-0.39, 0.29) is 12.1 Å². The first kappa shape index (κ1) is 12.2. The molecule has 18 heavy (non-hydrogen) atoms. The van der Waals surface area contributed by atoms with Gasteiger partial charge in [-0.05, 0) is 45.4 Å². The first-order chi connectivity index (χ1) is 8.70. The van der Waals surface area contributed by atoms with Crippen LogP contribution in [-0.4, -0.2) is 32.8 Å². The summed E-state index contributed by atoms with van der Waals surface area (Å²) in [6, 6.07) is 0.612. The maximum atomic E-state index is 9.67. The Kier molecular flexibility index (Phi) is 3.16. The fourth-order valence-corrected chi connectivity index (χ4v) is 2.90. The van der Waals surface area contributed by atoms with Gasteiger partial charge in [0.15, 0.2) is 0 Å². The number of hydrogen-bond donors (Lipinski definition) is 2. The van der Waals surface area contributed by atoms with E-state index < -0.39 is 0 Å². The molecule has 2 aliphatic rings. The molecule has 0 spiro atoms. The number of imidazole rings is 1. The third-order valence-electron chi connectivity index (χ3n) is 4.11. The molecule has 1 aromatic rings. The number of aryl methyl sites for hydroxylation is 1. The summed E-state index contributed by atoms with van der Waals surface area (Å²) in [5.41, 5.74) is 2.44. The summed E-state index contributed by atoms with van der Waals surface area (Å²) in [5, 5.41) is 13.2. The summed E-state index contributed by atoms with van der Waals surface area (Å²) < 4.78 is 2.25. The zero-order chi connectivity index (χ0) is 12.6. The number of rotatable bonds is 5. The van der Waals surface area contributed by atoms with Crippen LogP contribution in [0.3, 0.4) is 0 Å². The standard InChI is InChI=1S/C14H23N3O/c1-14(9-18,16-11-6-7-11)8-17-10-15-12-4-2-3-5-13(12)17/h10-11,16,18H,2-9H2,1H3. The minimum Gasteiger partial charge on any atom is -0.394 e. The van der Waals surface area contributed by atoms with Crippen LogP contribution in [0.15, 0.2) is 6.33 Å². The van der Waals surface area contributed by atoms with E-state index >= 15 is 0 Å². The van der Waals surface area contributed by atoms with E-state index in [0.29, 0.717) is 6.04 Å². The van der Waals surface area contributed by atoms with Crippen LogP contribution in [0.4, 0.5) is 0 Å². The highest BCUT2D eigenvalue weighted by atomic mass is 16.3. The third-order valence-corrected chi connectivity index (χ3v) is 4.11. The van der Waals surface area contributed by atoms with Crippen LogP contribution < -0.4 is 5.32 Å². The number of nitrogens with one attached hydrogen (secondary N) is 1. The number of nitrogens with zero attached hydrogens (tertiary/aromatic N) is 2. The first-order valence-electron chi connectivity index (χ1n) is 7.12. The van der Waals surface area contributed by atoms with Crippen LogP contribution in [0.25, 0.3) is 0 Å². The Morgan fingerprint density at radius 2 is 2.22 bits per heavy atom. The fraction of sp³-hybridized carbons (Fsp3) is 0.786. The van der Waals surface area contributed by atoms with Gasteiger partial charge in [-0.1, -0.05) is 0 Å². The lowest BCUT2D eigenvalue weighted by Crippen LogP contribution is -2.50. The largest absolute Gasteiger partial charge is 0.394 e. The zero-order valence-electron chi connectivity index (χ0n) is 11.2. The minimum absolute atomic E-state index is 0.177. The molecule has 3 rings (SSSR count). The predicted octanol–water partition coefficient (Wildman–Crippen LogP) is 1.26. The average Bonchev–Trinajstić information content (AvgIpc) is 3.10. The molecule has 0 amide bonds. The second kappa shape index (κ2) is 4.67. The number of aromatic nitrogens is 2. The molecule has 0 bridgehead atoms. The Morgan fingerprint density at radius 1 is 1.44 bits per heavy atom. The van der Waals surface area contributed by atoms with E-state index in [9.17, 15) is 5.11 Å². The van der Waals surface area contributed by atoms with Crippen molar-refractivity contribution in [3.05, 3.63) is 17.7 Å². The molecular weight excluding hydrogens is 226 g/mol. The molecule has 1 aromatic heterocycles. The lowest BCUT2D eigenvalue weighted by Gasteiger charge is -2.30. The van der Waals surface area contributed by atoms with Crippen LogP contribution in [0.2, 0.25) is 0 Å². The summed E-state index contributed by atoms with van der Waals surface area (Å²) in [5.74, 6) is 0. The quantitative estimate of drug-likeness (QED) is 0.826. The van der Waals surface area contributed by atoms with Gasteiger partial charge in [0.1, 0.15) is 0 Å². The highest BCUT2D eigenvalue weighted by Gasteiger charge is 2.33. The summed E-state index contributed by atoms with van der Waals surface area (Å²) in [7, 11) is 0. The smallest absolute Gasteiger partial charge is 0.0952 e. The molecule has 1 atom stereocenters. The number of hydrogen-bond acceptors (Lipinski definition) is 3. The molecule has 2 N–H and O–H groups in total. The molecule has 0 aromatic carbocycles. The van der Waals surface area contributed by atoms with Gasteiger partial charge >= 0.3 is 0 Å². The van der Waals surface area contributed by atoms with Crippen molar-refractivity contribution in [2.45, 2.75) is 63.6 Å². The van der Waals surface area contributed by atoms with Crippen molar-refractivity contribution in [2.75, 3.05) is 6.61 Å². The van der Waals surface area contributed by atoms with Crippen molar-refractivity contribution >= 4 is 0 Å². The predicted molar refractivity (Wildman–Crippen MR) is 70.5 cm³/mol. The maximum absolute atomic E-state index is 9.67. The van der Waals surface area contributed by atoms with E-state index in [1.54, 1.807) is 0 Å². The van der Waals surface area contributed by atoms with Gasteiger partial charge < -0.3 is 15.0 Å². The minimum atomic E-state index is -0.215. The maximum Gasteiger partial charge on any atom is 0.0952 e. The van der Waals surface area contributed by atoms with E-state index in [1.807, 2.05) is 6.33 Å². The van der Waals surface area contributed by atoms with Crippen molar-refractivity contribution in [3.63, 3.8) is 0 Å². The second-order valence-electron chi connectivity index (χ2n) is 6.11. The number of aliphatic hydroxyl groups excluding tert-OH is 1. The Bertz CT molecular complexity index is 425. The van der Waals surface area contributed by atoms with E-state index in [2.05, 4.69) is 21.8 Å². The Labute approximate surface area is 108 Å². The normalized spacial score (nSPS) is 22.6. The average molecular weight is 249 g/mol. The molecule has 2 aliphatic carbocycles. The van der Waals surface area contributed by atoms with Crippen molar-refractivity contribution < 1.29 is 5.11 Å². The van der Waals surface area contributed by atoms with Gasteiger partial charge in [-0.25, -0.2) is 4.98 Å². The first-order valence-corrected chi connectivity index (χ1v) is 7.12. The highest BCUT2D eigenvalue weighted by molar-refractivity contribution is 5.17. The molecule has 100 valence electrons. The topological polar surface area (TPSA) is 50.1 Å². The summed E-state index contributed by atoms with van der Waals surface area (Å²) in [6.45, 7) is 3.11. The Hall–Kier alpha value is -0.870. The van der Waals surface area contributed by atoms with Crippen LogP contribution in [-0.2, 0) is 19.4 Å². The molecule has 0 aliphatic heterocycles. The lowest BCUT2D eigenvalue weighted by molar-refractivity contribution is 0.154. The van der Waals surface area contributed by atoms with Gasteiger partial charge in [-0.3, -0.25) is 0 Å². The van der Waals surface area contributed by atoms with Crippen molar-refractivity contribution in [1.82, 2.24) is 14.9 Å². The number of fused-ring (bicyclic) bond motifs is 1. The molecule has 1 saturated carbocycles. The molecule has 0 saturated heterocycles. The lowest BCUT2D eigenvalue weighted by atomic mass is 9.99. The van der Waals surface area contributed by atoms with Crippen LogP contribution in [0, 0.1) is 0 Å². The Morgan fingerprint density at radius 3 is 2.94 bits per heavy atom. The van der Waals surface area contributed by atoms with Crippen LogP contribution >= 0.6 is 0 Å². The van der Waals surface area contributed by atoms with Gasteiger partial charge in [-0.2, -0.15) is 0 Å². The van der Waals surface area contributed by atoms with Crippen LogP contribution in [0.5, 0.6) is 0 Å². The molecule has 4 nitrogen and oxygen atoms in total. The van der Waals surface area contributed by atoms with Gasteiger partial charge in [0.2, 0.25) is 0 Å². The van der Waals surface area contributed by atoms with Crippen molar-refractivity contribution in [3.8, 4) is 0 Å². The molecule has 1 heterocycles. The molecule has 1 unspecified atom stereocenters. The third kappa shape index (κ3) is 2.45. The summed E-state index contributed by atoms with van der Waals surface area (Å²) in [6.07, 6.45) is 9.24. The van der Waals surface area contributed by atoms with Gasteiger partial charge in [-0.15, -0.1) is 0 Å². The van der Waals surface area contributed by atoms with Crippen LogP contribution in [0.1, 0.15) is 44.0 Å². The van der Waals surface area contributed by atoms with E-state index in [4.69, 9.17) is 0 Å². The van der Waals surface area contributed by atoms with Crippen molar-refractivity contribution in [2.24, 2.45) is 0 Å². The summed E-state index contributed by atoms with van der Waals surface area (Å²) in [4.78, 5) is 4.52. The number of aliphatic hydroxyl groups is 1. The molecule has 0 radical (unpaired) electrons. The highest BCUT2D eigenvalue weighted by Crippen LogP contribution is 2.25. The van der Waals surface area contributed by atoms with E-state index in [0.717, 1.165) is 19.4 Å². The summed E-state index contributed by atoms with van der Waals surface area (Å²) >= 11 is 0. The second-order valence-corrected chi connectivity index (χ2v) is 6.11.